The molecule has 0 bridgehead atoms. The zero-order valence-electron chi connectivity index (χ0n) is 13.0. The molecular weight excluding hydrogens is 266 g/mol. The third-order valence-corrected chi connectivity index (χ3v) is 3.58. The maximum Gasteiger partial charge on any atom is 0.119 e. The van der Waals surface area contributed by atoms with Crippen LogP contribution in [0.4, 0.5) is 0 Å². The number of hydrogen-bond acceptors (Lipinski definition) is 4. The molecule has 0 amide bonds. The minimum atomic E-state index is -0.453. The second-order valence-corrected chi connectivity index (χ2v) is 6.07. The van der Waals surface area contributed by atoms with Crippen molar-refractivity contribution < 1.29 is 14.6 Å². The van der Waals surface area contributed by atoms with Gasteiger partial charge in [-0.15, -0.1) is 0 Å². The van der Waals surface area contributed by atoms with Gasteiger partial charge in [-0.05, 0) is 44.7 Å². The van der Waals surface area contributed by atoms with Crippen molar-refractivity contribution in [3.63, 3.8) is 0 Å². The molecule has 0 spiro atoms. The Bertz CT molecular complexity index is 403. The van der Waals surface area contributed by atoms with Crippen LogP contribution in [-0.2, 0) is 4.74 Å². The lowest BCUT2D eigenvalue weighted by Gasteiger charge is -2.18. The molecule has 2 N–H and O–H groups in total. The lowest BCUT2D eigenvalue weighted by molar-refractivity contribution is 0.0308. The molecule has 0 radical (unpaired) electrons. The van der Waals surface area contributed by atoms with E-state index in [9.17, 15) is 5.11 Å². The summed E-state index contributed by atoms with van der Waals surface area (Å²) in [6.07, 6.45) is 2.11. The fourth-order valence-corrected chi connectivity index (χ4v) is 1.97. The minimum Gasteiger partial charge on any atom is -0.492 e. The fraction of sp³-hybridized carbons (Fsp3) is 0.647. The molecule has 2 unspecified atom stereocenters. The van der Waals surface area contributed by atoms with Gasteiger partial charge < -0.3 is 19.9 Å². The van der Waals surface area contributed by atoms with Gasteiger partial charge in [0.15, 0.2) is 0 Å². The molecule has 1 aromatic rings. The van der Waals surface area contributed by atoms with Gasteiger partial charge in [0.25, 0.3) is 0 Å². The second kappa shape index (κ2) is 8.37. The van der Waals surface area contributed by atoms with E-state index in [1.54, 1.807) is 0 Å². The van der Waals surface area contributed by atoms with Crippen LogP contribution in [0.1, 0.15) is 25.3 Å². The summed E-state index contributed by atoms with van der Waals surface area (Å²) in [5.74, 6) is 1.62. The molecular formula is C17H27NO3. The van der Waals surface area contributed by atoms with Crippen molar-refractivity contribution in [1.29, 1.82) is 0 Å². The van der Waals surface area contributed by atoms with E-state index < -0.39 is 6.10 Å². The van der Waals surface area contributed by atoms with Gasteiger partial charge in [-0.1, -0.05) is 17.7 Å². The van der Waals surface area contributed by atoms with Gasteiger partial charge in [-0.25, -0.2) is 0 Å². The molecule has 1 saturated carbocycles. The fourth-order valence-electron chi connectivity index (χ4n) is 1.97. The van der Waals surface area contributed by atoms with Crippen molar-refractivity contribution in [1.82, 2.24) is 5.32 Å². The molecule has 0 aromatic heterocycles. The highest BCUT2D eigenvalue weighted by atomic mass is 16.5. The Labute approximate surface area is 127 Å². The molecule has 0 aliphatic heterocycles. The Morgan fingerprint density at radius 3 is 2.62 bits per heavy atom. The molecule has 4 nitrogen and oxygen atoms in total. The normalized spacial score (nSPS) is 17.5. The first kappa shape index (κ1) is 16.3. The highest BCUT2D eigenvalue weighted by Gasteiger charge is 2.21. The number of ether oxygens (including phenoxy) is 2. The molecule has 2 rings (SSSR count). The Morgan fingerprint density at radius 2 is 1.95 bits per heavy atom. The van der Waals surface area contributed by atoms with Crippen molar-refractivity contribution in [3.8, 4) is 5.75 Å². The summed E-state index contributed by atoms with van der Waals surface area (Å²) in [6, 6.07) is 8.21. The third kappa shape index (κ3) is 6.93. The monoisotopic (exact) mass is 293 g/mol. The van der Waals surface area contributed by atoms with Crippen LogP contribution < -0.4 is 10.1 Å². The van der Waals surface area contributed by atoms with E-state index >= 15 is 0 Å². The van der Waals surface area contributed by atoms with Crippen LogP contribution in [0.3, 0.4) is 0 Å². The van der Waals surface area contributed by atoms with Crippen LogP contribution in [0.25, 0.3) is 0 Å². The molecule has 21 heavy (non-hydrogen) atoms. The highest BCUT2D eigenvalue weighted by Crippen LogP contribution is 2.28. The molecule has 2 atom stereocenters. The Hall–Kier alpha value is -1.10. The molecule has 4 heteroatoms. The van der Waals surface area contributed by atoms with E-state index in [0.29, 0.717) is 19.8 Å². The number of hydrogen-bond donors (Lipinski definition) is 2. The standard InChI is InChI=1S/C17H27NO3/c1-13-3-7-17(8-4-13)21-10-14(2)18-9-16(19)12-20-11-15-5-6-15/h3-4,7-8,14-16,18-19H,5-6,9-12H2,1-2H3. The molecule has 1 aliphatic rings. The SMILES string of the molecule is Cc1ccc(OCC(C)NCC(O)COCC2CC2)cc1. The Kier molecular flexibility index (Phi) is 6.49. The maximum absolute atomic E-state index is 9.82. The van der Waals surface area contributed by atoms with Crippen molar-refractivity contribution in [3.05, 3.63) is 29.8 Å². The lowest BCUT2D eigenvalue weighted by Crippen LogP contribution is -2.39. The largest absolute Gasteiger partial charge is 0.492 e. The molecule has 1 fully saturated rings. The van der Waals surface area contributed by atoms with E-state index in [1.807, 2.05) is 31.2 Å². The second-order valence-electron chi connectivity index (χ2n) is 6.07. The van der Waals surface area contributed by atoms with Gasteiger partial charge in [0, 0.05) is 19.2 Å². The van der Waals surface area contributed by atoms with Gasteiger partial charge in [-0.2, -0.15) is 0 Å². The zero-order valence-corrected chi connectivity index (χ0v) is 13.0. The Morgan fingerprint density at radius 1 is 1.24 bits per heavy atom. The predicted octanol–water partition coefficient (Wildman–Crippen LogP) is 2.14. The molecule has 0 heterocycles. The highest BCUT2D eigenvalue weighted by molar-refractivity contribution is 5.26. The number of aryl methyl sites for hydroxylation is 1. The van der Waals surface area contributed by atoms with Crippen molar-refractivity contribution >= 4 is 0 Å². The first-order chi connectivity index (χ1) is 10.1. The van der Waals surface area contributed by atoms with Gasteiger partial charge in [0.1, 0.15) is 12.4 Å². The summed E-state index contributed by atoms with van der Waals surface area (Å²) in [7, 11) is 0. The molecule has 1 aromatic carbocycles. The first-order valence-electron chi connectivity index (χ1n) is 7.82. The van der Waals surface area contributed by atoms with Crippen molar-refractivity contribution in [2.24, 2.45) is 5.92 Å². The number of aliphatic hydroxyl groups excluding tert-OH is 1. The zero-order chi connectivity index (χ0) is 15.1. The van der Waals surface area contributed by atoms with E-state index in [4.69, 9.17) is 9.47 Å². The first-order valence-corrected chi connectivity index (χ1v) is 7.82. The maximum atomic E-state index is 9.82. The van der Waals surface area contributed by atoms with Crippen LogP contribution >= 0.6 is 0 Å². The van der Waals surface area contributed by atoms with E-state index in [-0.39, 0.29) is 6.04 Å². The van der Waals surface area contributed by atoms with Gasteiger partial charge >= 0.3 is 0 Å². The van der Waals surface area contributed by atoms with Crippen LogP contribution in [0, 0.1) is 12.8 Å². The topological polar surface area (TPSA) is 50.7 Å². The number of rotatable bonds is 10. The van der Waals surface area contributed by atoms with Crippen LogP contribution in [0.15, 0.2) is 24.3 Å². The summed E-state index contributed by atoms with van der Waals surface area (Å²) < 4.78 is 11.2. The molecule has 1 aliphatic carbocycles. The molecule has 118 valence electrons. The van der Waals surface area contributed by atoms with Crippen LogP contribution in [-0.4, -0.2) is 43.6 Å². The van der Waals surface area contributed by atoms with Gasteiger partial charge in [0.05, 0.1) is 12.7 Å². The Balaban J connectivity index is 1.53. The van der Waals surface area contributed by atoms with Gasteiger partial charge in [0.2, 0.25) is 0 Å². The summed E-state index contributed by atoms with van der Waals surface area (Å²) in [5, 5.41) is 13.1. The third-order valence-electron chi connectivity index (χ3n) is 3.58. The number of nitrogens with one attached hydrogen (secondary N) is 1. The quantitative estimate of drug-likeness (QED) is 0.694. The van der Waals surface area contributed by atoms with E-state index in [2.05, 4.69) is 12.2 Å². The van der Waals surface area contributed by atoms with E-state index in [0.717, 1.165) is 18.3 Å². The van der Waals surface area contributed by atoms with Crippen molar-refractivity contribution in [2.75, 3.05) is 26.4 Å². The number of aliphatic hydroxyl groups is 1. The van der Waals surface area contributed by atoms with Crippen LogP contribution in [0.2, 0.25) is 0 Å². The lowest BCUT2D eigenvalue weighted by atomic mass is 10.2. The number of benzene rings is 1. The summed E-state index contributed by atoms with van der Waals surface area (Å²) >= 11 is 0. The summed E-state index contributed by atoms with van der Waals surface area (Å²) in [4.78, 5) is 0. The summed E-state index contributed by atoms with van der Waals surface area (Å²) in [6.45, 7) is 6.42. The van der Waals surface area contributed by atoms with E-state index in [1.165, 1.54) is 18.4 Å². The minimum absolute atomic E-state index is 0.185. The van der Waals surface area contributed by atoms with Crippen molar-refractivity contribution in [2.45, 2.75) is 38.8 Å². The molecule has 0 saturated heterocycles. The average Bonchev–Trinajstić information content (AvgIpc) is 3.29. The predicted molar refractivity (Wildman–Crippen MR) is 83.7 cm³/mol. The van der Waals surface area contributed by atoms with Crippen LogP contribution in [0.5, 0.6) is 5.75 Å². The smallest absolute Gasteiger partial charge is 0.119 e. The average molecular weight is 293 g/mol. The summed E-state index contributed by atoms with van der Waals surface area (Å²) in [5.41, 5.74) is 1.22. The van der Waals surface area contributed by atoms with Gasteiger partial charge in [-0.3, -0.25) is 0 Å².